The van der Waals surface area contributed by atoms with E-state index in [9.17, 15) is 35.9 Å². The average Bonchev–Trinajstić information content (AvgIpc) is 3.31. The van der Waals surface area contributed by atoms with Crippen molar-refractivity contribution in [3.63, 3.8) is 0 Å². The molecule has 356 valence electrons. The first kappa shape index (κ1) is 50.9. The van der Waals surface area contributed by atoms with Crippen LogP contribution in [-0.2, 0) is 31.3 Å². The van der Waals surface area contributed by atoms with Gasteiger partial charge in [-0.25, -0.2) is 9.59 Å². The van der Waals surface area contributed by atoms with E-state index in [4.69, 9.17) is 39.9 Å². The lowest BCUT2D eigenvalue weighted by Crippen LogP contribution is -2.21. The van der Waals surface area contributed by atoms with Gasteiger partial charge in [-0.15, -0.1) is 0 Å². The van der Waals surface area contributed by atoms with Crippen LogP contribution in [0.25, 0.3) is 12.2 Å². The van der Waals surface area contributed by atoms with Crippen LogP contribution in [0.15, 0.2) is 127 Å². The number of hydrogen-bond acceptors (Lipinski definition) is 10. The molecule has 4 N–H and O–H groups in total. The summed E-state index contributed by atoms with van der Waals surface area (Å²) in [5.74, 6) is -1.65. The predicted octanol–water partition coefficient (Wildman–Crippen LogP) is 11.7. The molecule has 0 aliphatic heterocycles. The first-order valence-electron chi connectivity index (χ1n) is 21.5. The Balaban J connectivity index is 1.10. The number of rotatable bonds is 27. The van der Waals surface area contributed by atoms with Gasteiger partial charge in [0.15, 0.2) is 0 Å². The van der Waals surface area contributed by atoms with Crippen LogP contribution >= 0.6 is 0 Å². The van der Waals surface area contributed by atoms with Crippen LogP contribution < -0.4 is 30.4 Å². The number of nitrogen functional groups attached to an aromatic ring is 2. The number of halogens is 6. The third-order valence-corrected chi connectivity index (χ3v) is 9.95. The normalized spacial score (nSPS) is 12.2. The molecule has 67 heavy (non-hydrogen) atoms. The van der Waals surface area contributed by atoms with E-state index in [2.05, 4.69) is 0 Å². The van der Waals surface area contributed by atoms with Gasteiger partial charge in [0.2, 0.25) is 0 Å². The number of nitrogens with two attached hydrogens (primary N) is 2. The molecule has 0 fully saturated rings. The summed E-state index contributed by atoms with van der Waals surface area (Å²) in [4.78, 5) is 25.6. The molecule has 0 spiro atoms. The molecule has 5 aromatic carbocycles. The van der Waals surface area contributed by atoms with Crippen LogP contribution in [0.1, 0.15) is 72.3 Å². The molecule has 5 aromatic rings. The average molecular weight is 935 g/mol. The van der Waals surface area contributed by atoms with Gasteiger partial charge in [0.25, 0.3) is 0 Å². The summed E-state index contributed by atoms with van der Waals surface area (Å²) in [5.41, 5.74) is 13.4. The fourth-order valence-corrected chi connectivity index (χ4v) is 6.31. The lowest BCUT2D eigenvalue weighted by molar-refractivity contribution is -0.186. The minimum atomic E-state index is -3.66. The SMILES string of the molecule is Nc1ccc(C(COC(=O)C=Cc2ccc(OC(F)(F)c3ccc(OCCCCCF)cc3)cc2)COC(=O)C=Cc2ccc(OC(F)(F)c3ccc(OCCCCCF)cc3)cc2)c(N)c1. The number of benzene rings is 5. The summed E-state index contributed by atoms with van der Waals surface area (Å²) < 4.78 is 116. The molecule has 0 aliphatic carbocycles. The zero-order valence-electron chi connectivity index (χ0n) is 36.5. The van der Waals surface area contributed by atoms with Crippen molar-refractivity contribution in [1.82, 2.24) is 0 Å². The smallest absolute Gasteiger partial charge is 0.426 e. The van der Waals surface area contributed by atoms with Crippen LogP contribution in [0.4, 0.5) is 37.7 Å². The highest BCUT2D eigenvalue weighted by atomic mass is 19.3. The van der Waals surface area contributed by atoms with Gasteiger partial charge in [0.05, 0.1) is 43.6 Å². The van der Waals surface area contributed by atoms with Crippen molar-refractivity contribution < 1.29 is 64.4 Å². The third kappa shape index (κ3) is 17.0. The maximum Gasteiger partial charge on any atom is 0.426 e. The molecule has 0 heterocycles. The van der Waals surface area contributed by atoms with Gasteiger partial charge < -0.3 is 39.9 Å². The lowest BCUT2D eigenvalue weighted by atomic mass is 9.98. The molecule has 10 nitrogen and oxygen atoms in total. The van der Waals surface area contributed by atoms with Crippen molar-refractivity contribution in [2.75, 3.05) is 51.2 Å². The first-order valence-corrected chi connectivity index (χ1v) is 21.5. The van der Waals surface area contributed by atoms with Crippen LogP contribution in [0.3, 0.4) is 0 Å². The van der Waals surface area contributed by atoms with Gasteiger partial charge in [-0.1, -0.05) is 30.3 Å². The number of ether oxygens (including phenoxy) is 6. The summed E-state index contributed by atoms with van der Waals surface area (Å²) in [6.07, 6.45) is 1.32. The van der Waals surface area contributed by atoms with Crippen LogP contribution in [-0.4, -0.2) is 51.7 Å². The molecule has 0 aliphatic rings. The van der Waals surface area contributed by atoms with Gasteiger partial charge in [0, 0.05) is 23.5 Å². The molecule has 5 rings (SSSR count). The number of carbonyl (C=O) groups is 2. The first-order chi connectivity index (χ1) is 32.2. The second-order valence-corrected chi connectivity index (χ2v) is 15.1. The maximum absolute atomic E-state index is 14.9. The summed E-state index contributed by atoms with van der Waals surface area (Å²) in [6, 6.07) is 26.3. The number of anilines is 2. The molecule has 0 aromatic heterocycles. The number of unbranched alkanes of at least 4 members (excludes halogenated alkanes) is 4. The van der Waals surface area contributed by atoms with Gasteiger partial charge in [-0.2, -0.15) is 17.6 Å². The third-order valence-electron chi connectivity index (χ3n) is 9.95. The largest absolute Gasteiger partial charge is 0.494 e. The van der Waals surface area contributed by atoms with Gasteiger partial charge >= 0.3 is 24.2 Å². The van der Waals surface area contributed by atoms with E-state index in [1.54, 1.807) is 12.1 Å². The minimum absolute atomic E-state index is 0.123. The lowest BCUT2D eigenvalue weighted by Gasteiger charge is -2.19. The van der Waals surface area contributed by atoms with Crippen LogP contribution in [0.2, 0.25) is 0 Å². The van der Waals surface area contributed by atoms with Crippen LogP contribution in [0, 0.1) is 0 Å². The van der Waals surface area contributed by atoms with Crippen molar-refractivity contribution in [2.24, 2.45) is 0 Å². The number of hydrogen-bond donors (Lipinski definition) is 2. The monoisotopic (exact) mass is 934 g/mol. The molecule has 16 heteroatoms. The molecule has 0 atom stereocenters. The fraction of sp³-hybridized carbons (Fsp3) is 0.294. The second kappa shape index (κ2) is 25.6. The van der Waals surface area contributed by atoms with Gasteiger partial charge in [0.1, 0.15) is 36.2 Å². The van der Waals surface area contributed by atoms with E-state index < -0.39 is 43.4 Å². The molecular weight excluding hydrogens is 883 g/mol. The molecule has 0 saturated heterocycles. The highest BCUT2D eigenvalue weighted by Crippen LogP contribution is 2.34. The van der Waals surface area contributed by atoms with E-state index in [-0.39, 0.29) is 41.5 Å². The molecule has 0 radical (unpaired) electrons. The van der Waals surface area contributed by atoms with E-state index in [1.165, 1.54) is 115 Å². The fourth-order valence-electron chi connectivity index (χ4n) is 6.31. The zero-order chi connectivity index (χ0) is 48.1. The van der Waals surface area contributed by atoms with Crippen molar-refractivity contribution in [3.05, 3.63) is 155 Å². The Bertz CT molecular complexity index is 2220. The van der Waals surface area contributed by atoms with Crippen molar-refractivity contribution in [1.29, 1.82) is 0 Å². The Labute approximate surface area is 385 Å². The topological polar surface area (TPSA) is 142 Å². The Morgan fingerprint density at radius 3 is 1.31 bits per heavy atom. The van der Waals surface area contributed by atoms with Gasteiger partial charge in [-0.05, 0) is 152 Å². The summed E-state index contributed by atoms with van der Waals surface area (Å²) in [5, 5.41) is 0. The standard InChI is InChI=1S/C51H52F6N2O8/c52-29-3-1-5-31-62-42-22-13-39(14-23-42)50(54,55)66-44-18-7-36(8-19-44)11-27-48(60)64-34-38(46-26-17-41(58)33-47(46)59)35-65-49(61)28-12-37-9-20-45(21-10-37)67-51(56,57)40-15-24-43(25-16-40)63-32-6-2-4-30-53/h7-28,33,38H,1-6,29-32,34-35,58-59H2. The summed E-state index contributed by atoms with van der Waals surface area (Å²) in [7, 11) is 0. The zero-order valence-corrected chi connectivity index (χ0v) is 36.5. The Morgan fingerprint density at radius 1 is 0.522 bits per heavy atom. The Kier molecular flexibility index (Phi) is 19.4. The highest BCUT2D eigenvalue weighted by molar-refractivity contribution is 5.87. The summed E-state index contributed by atoms with van der Waals surface area (Å²) >= 11 is 0. The number of esters is 2. The van der Waals surface area contributed by atoms with Crippen LogP contribution in [0.5, 0.6) is 23.0 Å². The number of alkyl halides is 6. The van der Waals surface area contributed by atoms with Crippen molar-refractivity contribution in [3.8, 4) is 23.0 Å². The predicted molar refractivity (Wildman–Crippen MR) is 243 cm³/mol. The maximum atomic E-state index is 14.9. The number of carbonyl (C=O) groups excluding carboxylic acids is 2. The molecule has 0 saturated carbocycles. The molecule has 0 amide bonds. The van der Waals surface area contributed by atoms with Crippen molar-refractivity contribution in [2.45, 2.75) is 56.7 Å². The molecule has 0 bridgehead atoms. The Morgan fingerprint density at radius 2 is 0.925 bits per heavy atom. The highest BCUT2D eigenvalue weighted by Gasteiger charge is 2.35. The van der Waals surface area contributed by atoms with Gasteiger partial charge in [-0.3, -0.25) is 8.78 Å². The van der Waals surface area contributed by atoms with E-state index in [1.807, 2.05) is 0 Å². The minimum Gasteiger partial charge on any atom is -0.494 e. The Hall–Kier alpha value is -7.10. The molecule has 0 unspecified atom stereocenters. The van der Waals surface area contributed by atoms with Crippen molar-refractivity contribution >= 4 is 35.5 Å². The quantitative estimate of drug-likeness (QED) is 0.0172. The van der Waals surface area contributed by atoms with E-state index in [0.29, 0.717) is 85.6 Å². The second-order valence-electron chi connectivity index (χ2n) is 15.1. The van der Waals surface area contributed by atoms with E-state index in [0.717, 1.165) is 12.2 Å². The molecular formula is C51H52F6N2O8. The summed E-state index contributed by atoms with van der Waals surface area (Å²) in [6.45, 7) is -0.606. The van der Waals surface area contributed by atoms with E-state index >= 15 is 0 Å².